The molecule has 0 amide bonds. The first-order valence-electron chi connectivity index (χ1n) is 6.42. The number of halogens is 3. The third-order valence-electron chi connectivity index (χ3n) is 3.38. The zero-order valence-corrected chi connectivity index (χ0v) is 11.8. The van der Waals surface area contributed by atoms with Crippen molar-refractivity contribution in [3.63, 3.8) is 0 Å². The fraction of sp³-hybridized carbons (Fsp3) is 0.286. The van der Waals surface area contributed by atoms with Crippen molar-refractivity contribution in [2.24, 2.45) is 7.05 Å². The third kappa shape index (κ3) is 2.51. The highest BCUT2D eigenvalue weighted by Gasteiger charge is 2.37. The van der Waals surface area contributed by atoms with Crippen molar-refractivity contribution in [1.29, 1.82) is 0 Å². The lowest BCUT2D eigenvalue weighted by Gasteiger charge is -2.07. The van der Waals surface area contributed by atoms with Crippen molar-refractivity contribution < 1.29 is 22.4 Å². The number of alkyl halides is 3. The molecule has 2 heterocycles. The van der Waals surface area contributed by atoms with Gasteiger partial charge in [-0.05, 0) is 19.1 Å². The van der Waals surface area contributed by atoms with Crippen molar-refractivity contribution in [3.05, 3.63) is 41.5 Å². The van der Waals surface area contributed by atoms with Gasteiger partial charge < -0.3 is 13.8 Å². The van der Waals surface area contributed by atoms with E-state index in [1.165, 1.54) is 0 Å². The van der Waals surface area contributed by atoms with Crippen LogP contribution in [0.4, 0.5) is 13.2 Å². The number of fused-ring (bicyclic) bond motifs is 1. The van der Waals surface area contributed by atoms with Gasteiger partial charge >= 0.3 is 6.18 Å². The van der Waals surface area contributed by atoms with E-state index in [0.717, 1.165) is 23.1 Å². The SMILES string of the molecule is Cc1nc2cc(OCc3conc3C(F)(F)F)ccc2n1C. The first-order valence-corrected chi connectivity index (χ1v) is 6.42. The molecule has 3 rings (SSSR count). The molecule has 0 aliphatic heterocycles. The van der Waals surface area contributed by atoms with Gasteiger partial charge in [-0.3, -0.25) is 0 Å². The van der Waals surface area contributed by atoms with Gasteiger partial charge in [0.15, 0.2) is 5.69 Å². The highest BCUT2D eigenvalue weighted by atomic mass is 19.4. The van der Waals surface area contributed by atoms with E-state index in [1.54, 1.807) is 12.1 Å². The number of ether oxygens (including phenoxy) is 1. The van der Waals surface area contributed by atoms with Crippen molar-refractivity contribution in [2.75, 3.05) is 0 Å². The average molecular weight is 311 g/mol. The molecule has 0 spiro atoms. The third-order valence-corrected chi connectivity index (χ3v) is 3.38. The average Bonchev–Trinajstić information content (AvgIpc) is 3.02. The van der Waals surface area contributed by atoms with Gasteiger partial charge in [-0.25, -0.2) is 4.98 Å². The number of rotatable bonds is 3. The van der Waals surface area contributed by atoms with Crippen LogP contribution in [0.2, 0.25) is 0 Å². The second kappa shape index (κ2) is 5.04. The number of aryl methyl sites for hydroxylation is 2. The molecule has 8 heteroatoms. The van der Waals surface area contributed by atoms with Crippen LogP contribution < -0.4 is 4.74 Å². The number of aromatic nitrogens is 3. The topological polar surface area (TPSA) is 53.1 Å². The molecule has 0 atom stereocenters. The number of benzene rings is 1. The smallest absolute Gasteiger partial charge is 0.437 e. The summed E-state index contributed by atoms with van der Waals surface area (Å²) < 4.78 is 49.7. The highest BCUT2D eigenvalue weighted by molar-refractivity contribution is 5.77. The highest BCUT2D eigenvalue weighted by Crippen LogP contribution is 2.31. The van der Waals surface area contributed by atoms with Crippen LogP contribution in [0, 0.1) is 6.92 Å². The lowest BCUT2D eigenvalue weighted by atomic mass is 10.2. The van der Waals surface area contributed by atoms with E-state index in [9.17, 15) is 13.2 Å². The Morgan fingerprint density at radius 3 is 2.82 bits per heavy atom. The summed E-state index contributed by atoms with van der Waals surface area (Å²) in [5, 5.41) is 2.97. The van der Waals surface area contributed by atoms with Crippen LogP contribution in [-0.2, 0) is 19.8 Å². The molecule has 0 aliphatic carbocycles. The summed E-state index contributed by atoms with van der Waals surface area (Å²) in [7, 11) is 1.89. The van der Waals surface area contributed by atoms with Gasteiger partial charge in [-0.2, -0.15) is 13.2 Å². The number of hydrogen-bond donors (Lipinski definition) is 0. The maximum absolute atomic E-state index is 12.7. The molecular formula is C14H12F3N3O2. The first kappa shape index (κ1) is 14.4. The predicted molar refractivity (Wildman–Crippen MR) is 71.3 cm³/mol. The van der Waals surface area contributed by atoms with Gasteiger partial charge in [0.25, 0.3) is 0 Å². The predicted octanol–water partition coefficient (Wildman–Crippen LogP) is 3.47. The molecule has 0 saturated carbocycles. The lowest BCUT2D eigenvalue weighted by molar-refractivity contribution is -0.143. The Bertz CT molecular complexity index is 820. The van der Waals surface area contributed by atoms with Crippen LogP contribution in [-0.4, -0.2) is 14.7 Å². The molecular weight excluding hydrogens is 299 g/mol. The minimum atomic E-state index is -4.56. The molecule has 5 nitrogen and oxygen atoms in total. The van der Waals surface area contributed by atoms with Gasteiger partial charge in [0.05, 0.1) is 16.6 Å². The number of imidazole rings is 1. The van der Waals surface area contributed by atoms with Gasteiger partial charge in [0.1, 0.15) is 24.4 Å². The zero-order valence-electron chi connectivity index (χ0n) is 11.8. The van der Waals surface area contributed by atoms with Gasteiger partial charge in [-0.15, -0.1) is 0 Å². The molecule has 0 N–H and O–H groups in total. The normalized spacial score (nSPS) is 12.0. The molecule has 0 radical (unpaired) electrons. The van der Waals surface area contributed by atoms with Crippen molar-refractivity contribution in [2.45, 2.75) is 19.7 Å². The van der Waals surface area contributed by atoms with Crippen molar-refractivity contribution in [3.8, 4) is 5.75 Å². The Morgan fingerprint density at radius 2 is 2.09 bits per heavy atom. The molecule has 0 bridgehead atoms. The van der Waals surface area contributed by atoms with E-state index in [-0.39, 0.29) is 12.2 Å². The fourth-order valence-electron chi connectivity index (χ4n) is 2.14. The summed E-state index contributed by atoms with van der Waals surface area (Å²) in [5.41, 5.74) is 0.428. The van der Waals surface area contributed by atoms with E-state index in [0.29, 0.717) is 5.75 Å². The molecule has 1 aromatic carbocycles. The Hall–Kier alpha value is -2.51. The molecule has 3 aromatic rings. The molecule has 2 aromatic heterocycles. The monoisotopic (exact) mass is 311 g/mol. The Morgan fingerprint density at radius 1 is 1.32 bits per heavy atom. The van der Waals surface area contributed by atoms with Crippen LogP contribution in [0.3, 0.4) is 0 Å². The molecule has 0 unspecified atom stereocenters. The van der Waals surface area contributed by atoms with Crippen molar-refractivity contribution >= 4 is 11.0 Å². The lowest BCUT2D eigenvalue weighted by Crippen LogP contribution is -2.10. The van der Waals surface area contributed by atoms with Gasteiger partial charge in [0.2, 0.25) is 0 Å². The van der Waals surface area contributed by atoms with Gasteiger partial charge in [-0.1, -0.05) is 5.16 Å². The van der Waals surface area contributed by atoms with E-state index < -0.39 is 11.9 Å². The minimum absolute atomic E-state index is 0.148. The molecule has 0 aliphatic rings. The van der Waals surface area contributed by atoms with Crippen LogP contribution in [0.5, 0.6) is 5.75 Å². The second-order valence-electron chi connectivity index (χ2n) is 4.84. The van der Waals surface area contributed by atoms with Crippen LogP contribution in [0.1, 0.15) is 17.1 Å². The Kier molecular flexibility index (Phi) is 3.31. The number of hydrogen-bond acceptors (Lipinski definition) is 4. The van der Waals surface area contributed by atoms with E-state index >= 15 is 0 Å². The van der Waals surface area contributed by atoms with E-state index in [1.807, 2.05) is 24.6 Å². The summed E-state index contributed by atoms with van der Waals surface area (Å²) in [5.74, 6) is 1.27. The maximum Gasteiger partial charge on any atom is 0.437 e. The minimum Gasteiger partial charge on any atom is -0.489 e. The molecule has 0 saturated heterocycles. The standard InChI is InChI=1S/C14H12F3N3O2/c1-8-18-11-5-10(3-4-12(11)20(8)2)21-6-9-7-22-19-13(9)14(15,16)17/h3-5,7H,6H2,1-2H3. The zero-order chi connectivity index (χ0) is 15.9. The van der Waals surface area contributed by atoms with Crippen LogP contribution >= 0.6 is 0 Å². The van der Waals surface area contributed by atoms with E-state index in [4.69, 9.17) is 4.74 Å². The van der Waals surface area contributed by atoms with Crippen molar-refractivity contribution in [1.82, 2.24) is 14.7 Å². The Balaban J connectivity index is 1.81. The maximum atomic E-state index is 12.7. The summed E-state index contributed by atoms with van der Waals surface area (Å²) in [6, 6.07) is 5.18. The first-order chi connectivity index (χ1) is 10.4. The second-order valence-corrected chi connectivity index (χ2v) is 4.84. The quantitative estimate of drug-likeness (QED) is 0.743. The fourth-order valence-corrected chi connectivity index (χ4v) is 2.14. The van der Waals surface area contributed by atoms with E-state index in [2.05, 4.69) is 14.7 Å². The summed E-state index contributed by atoms with van der Waals surface area (Å²) >= 11 is 0. The number of nitrogens with zero attached hydrogens (tertiary/aromatic N) is 3. The largest absolute Gasteiger partial charge is 0.489 e. The summed E-state index contributed by atoms with van der Waals surface area (Å²) in [6.45, 7) is 1.59. The Labute approximate surface area is 123 Å². The molecule has 22 heavy (non-hydrogen) atoms. The summed E-state index contributed by atoms with van der Waals surface area (Å²) in [4.78, 5) is 4.35. The van der Waals surface area contributed by atoms with Gasteiger partial charge in [0, 0.05) is 13.1 Å². The summed E-state index contributed by atoms with van der Waals surface area (Å²) in [6.07, 6.45) is -3.62. The molecule has 116 valence electrons. The van der Waals surface area contributed by atoms with Crippen LogP contribution in [0.25, 0.3) is 11.0 Å². The van der Waals surface area contributed by atoms with Crippen LogP contribution in [0.15, 0.2) is 29.0 Å². The molecule has 0 fully saturated rings.